The summed E-state index contributed by atoms with van der Waals surface area (Å²) in [6, 6.07) is 2.13. The minimum atomic E-state index is -0.722. The van der Waals surface area contributed by atoms with Gasteiger partial charge in [-0.2, -0.15) is 5.26 Å². The molecule has 80 valence electrons. The molecule has 1 N–H and O–H groups in total. The fraction of sp³-hybridized carbons (Fsp3) is 0.917. The largest absolute Gasteiger partial charge is 0.389 e. The van der Waals surface area contributed by atoms with Crippen LogP contribution in [-0.2, 0) is 0 Å². The number of aliphatic hydroxyl groups is 1. The van der Waals surface area contributed by atoms with Crippen LogP contribution in [0.5, 0.6) is 0 Å². The summed E-state index contributed by atoms with van der Waals surface area (Å²) in [6.45, 7) is 6.45. The highest BCUT2D eigenvalue weighted by atomic mass is 16.3. The van der Waals surface area contributed by atoms with Crippen LogP contribution in [0.1, 0.15) is 46.5 Å². The van der Waals surface area contributed by atoms with Crippen LogP contribution >= 0.6 is 0 Å². The van der Waals surface area contributed by atoms with Gasteiger partial charge in [-0.3, -0.25) is 0 Å². The standard InChI is InChI=1S/C12H21NO/c1-9(2)11-5-4-10(3)8-12(11,14)6-7-13/h9-11,14H,4-6,8H2,1-3H3/t10-,11+,12?/m1/s1. The molecule has 0 amide bonds. The Morgan fingerprint density at radius 2 is 2.14 bits per heavy atom. The van der Waals surface area contributed by atoms with Gasteiger partial charge < -0.3 is 5.11 Å². The SMILES string of the molecule is CC(C)[C@@H]1CC[C@@H](C)CC1(O)CC#N. The summed E-state index contributed by atoms with van der Waals surface area (Å²) >= 11 is 0. The van der Waals surface area contributed by atoms with E-state index in [4.69, 9.17) is 5.26 Å². The summed E-state index contributed by atoms with van der Waals surface area (Å²) in [6.07, 6.45) is 3.34. The van der Waals surface area contributed by atoms with Gasteiger partial charge in [-0.25, -0.2) is 0 Å². The van der Waals surface area contributed by atoms with E-state index in [1.807, 2.05) is 0 Å². The normalized spacial score (nSPS) is 38.3. The van der Waals surface area contributed by atoms with Crippen LogP contribution in [0, 0.1) is 29.1 Å². The zero-order valence-corrected chi connectivity index (χ0v) is 9.45. The Hall–Kier alpha value is -0.550. The molecular formula is C12H21NO. The highest BCUT2D eigenvalue weighted by molar-refractivity contribution is 4.98. The van der Waals surface area contributed by atoms with E-state index >= 15 is 0 Å². The van der Waals surface area contributed by atoms with Gasteiger partial charge in [0.15, 0.2) is 0 Å². The molecule has 2 nitrogen and oxygen atoms in total. The highest BCUT2D eigenvalue weighted by Gasteiger charge is 2.42. The van der Waals surface area contributed by atoms with E-state index in [2.05, 4.69) is 26.8 Å². The van der Waals surface area contributed by atoms with E-state index in [9.17, 15) is 5.11 Å². The van der Waals surface area contributed by atoms with Crippen molar-refractivity contribution >= 4 is 0 Å². The van der Waals surface area contributed by atoms with Gasteiger partial charge >= 0.3 is 0 Å². The third-order valence-corrected chi connectivity index (χ3v) is 3.55. The first kappa shape index (κ1) is 11.5. The van der Waals surface area contributed by atoms with Gasteiger partial charge in [0.1, 0.15) is 0 Å². The van der Waals surface area contributed by atoms with Crippen molar-refractivity contribution in [1.29, 1.82) is 5.26 Å². The lowest BCUT2D eigenvalue weighted by molar-refractivity contribution is -0.0762. The number of rotatable bonds is 2. The monoisotopic (exact) mass is 195 g/mol. The van der Waals surface area contributed by atoms with Gasteiger partial charge in [0.05, 0.1) is 18.1 Å². The maximum absolute atomic E-state index is 10.4. The molecule has 1 fully saturated rings. The average Bonchev–Trinajstić information content (AvgIpc) is 2.02. The zero-order chi connectivity index (χ0) is 10.8. The Labute approximate surface area is 86.9 Å². The number of hydrogen-bond donors (Lipinski definition) is 1. The Bertz CT molecular complexity index is 231. The lowest BCUT2D eigenvalue weighted by Crippen LogP contribution is -2.45. The number of hydrogen-bond acceptors (Lipinski definition) is 2. The lowest BCUT2D eigenvalue weighted by atomic mass is 9.66. The summed E-state index contributed by atoms with van der Waals surface area (Å²) in [7, 11) is 0. The summed E-state index contributed by atoms with van der Waals surface area (Å²) in [5.41, 5.74) is -0.722. The minimum Gasteiger partial charge on any atom is -0.389 e. The van der Waals surface area contributed by atoms with E-state index in [0.29, 0.717) is 24.2 Å². The molecule has 1 rings (SSSR count). The molecule has 1 saturated carbocycles. The molecule has 3 atom stereocenters. The molecule has 0 aliphatic heterocycles. The van der Waals surface area contributed by atoms with Crippen molar-refractivity contribution in [2.24, 2.45) is 17.8 Å². The van der Waals surface area contributed by atoms with Crippen molar-refractivity contribution in [2.75, 3.05) is 0 Å². The Balaban J connectivity index is 2.78. The van der Waals surface area contributed by atoms with Crippen LogP contribution in [-0.4, -0.2) is 10.7 Å². The average molecular weight is 195 g/mol. The molecule has 0 aromatic rings. The molecule has 0 saturated heterocycles. The van der Waals surface area contributed by atoms with Crippen molar-refractivity contribution in [3.8, 4) is 6.07 Å². The Morgan fingerprint density at radius 1 is 1.50 bits per heavy atom. The predicted octanol–water partition coefficient (Wildman–Crippen LogP) is 2.72. The first-order valence-electron chi connectivity index (χ1n) is 5.59. The van der Waals surface area contributed by atoms with Crippen LogP contribution in [0.2, 0.25) is 0 Å². The fourth-order valence-corrected chi connectivity index (χ4v) is 2.88. The lowest BCUT2D eigenvalue weighted by Gasteiger charge is -2.43. The summed E-state index contributed by atoms with van der Waals surface area (Å²) < 4.78 is 0. The molecule has 0 heterocycles. The first-order chi connectivity index (χ1) is 6.49. The molecule has 0 bridgehead atoms. The molecule has 0 aromatic heterocycles. The third-order valence-electron chi connectivity index (χ3n) is 3.55. The molecule has 0 aromatic carbocycles. The van der Waals surface area contributed by atoms with Crippen molar-refractivity contribution in [3.05, 3.63) is 0 Å². The second-order valence-corrected chi connectivity index (χ2v) is 5.18. The summed E-state index contributed by atoms with van der Waals surface area (Å²) in [5.74, 6) is 1.34. The van der Waals surface area contributed by atoms with E-state index in [1.165, 1.54) is 6.42 Å². The highest BCUT2D eigenvalue weighted by Crippen LogP contribution is 2.42. The van der Waals surface area contributed by atoms with Crippen molar-refractivity contribution in [3.63, 3.8) is 0 Å². The smallest absolute Gasteiger partial charge is 0.0810 e. The van der Waals surface area contributed by atoms with Crippen LogP contribution in [0.3, 0.4) is 0 Å². The van der Waals surface area contributed by atoms with Gasteiger partial charge in [-0.05, 0) is 30.6 Å². The molecule has 0 radical (unpaired) electrons. The summed E-state index contributed by atoms with van der Waals surface area (Å²) in [5, 5.41) is 19.2. The van der Waals surface area contributed by atoms with Crippen LogP contribution < -0.4 is 0 Å². The van der Waals surface area contributed by atoms with Gasteiger partial charge in [-0.1, -0.05) is 27.2 Å². The fourth-order valence-electron chi connectivity index (χ4n) is 2.88. The topological polar surface area (TPSA) is 44.0 Å². The van der Waals surface area contributed by atoms with E-state index in [-0.39, 0.29) is 0 Å². The van der Waals surface area contributed by atoms with Gasteiger partial charge in [0.25, 0.3) is 0 Å². The Morgan fingerprint density at radius 3 is 2.64 bits per heavy atom. The summed E-state index contributed by atoms with van der Waals surface area (Å²) in [4.78, 5) is 0. The molecule has 1 aliphatic carbocycles. The van der Waals surface area contributed by atoms with Crippen LogP contribution in [0.15, 0.2) is 0 Å². The van der Waals surface area contributed by atoms with E-state index in [0.717, 1.165) is 12.8 Å². The van der Waals surface area contributed by atoms with Gasteiger partial charge in [0.2, 0.25) is 0 Å². The maximum atomic E-state index is 10.4. The van der Waals surface area contributed by atoms with Crippen LogP contribution in [0.25, 0.3) is 0 Å². The third kappa shape index (κ3) is 2.27. The van der Waals surface area contributed by atoms with E-state index < -0.39 is 5.60 Å². The molecule has 14 heavy (non-hydrogen) atoms. The molecule has 2 heteroatoms. The zero-order valence-electron chi connectivity index (χ0n) is 9.45. The van der Waals surface area contributed by atoms with E-state index in [1.54, 1.807) is 0 Å². The second-order valence-electron chi connectivity index (χ2n) is 5.18. The van der Waals surface area contributed by atoms with Crippen molar-refractivity contribution in [2.45, 2.75) is 52.1 Å². The van der Waals surface area contributed by atoms with Gasteiger partial charge in [-0.15, -0.1) is 0 Å². The first-order valence-corrected chi connectivity index (χ1v) is 5.59. The quantitative estimate of drug-likeness (QED) is 0.736. The molecule has 1 unspecified atom stereocenters. The number of nitrogens with zero attached hydrogens (tertiary/aromatic N) is 1. The van der Waals surface area contributed by atoms with Gasteiger partial charge in [0, 0.05) is 0 Å². The molecule has 0 spiro atoms. The second kappa shape index (κ2) is 4.31. The minimum absolute atomic E-state index is 0.292. The molecular weight excluding hydrogens is 174 g/mol. The van der Waals surface area contributed by atoms with Crippen molar-refractivity contribution < 1.29 is 5.11 Å². The molecule has 1 aliphatic rings. The Kier molecular flexibility index (Phi) is 3.55. The predicted molar refractivity (Wildman–Crippen MR) is 56.5 cm³/mol. The van der Waals surface area contributed by atoms with Crippen molar-refractivity contribution in [1.82, 2.24) is 0 Å². The number of nitriles is 1. The maximum Gasteiger partial charge on any atom is 0.0810 e. The van der Waals surface area contributed by atoms with Crippen LogP contribution in [0.4, 0.5) is 0 Å².